The zero-order valence-corrected chi connectivity index (χ0v) is 18.4. The van der Waals surface area contributed by atoms with Crippen molar-refractivity contribution in [3.05, 3.63) is 29.3 Å². The molecule has 1 aromatic rings. The van der Waals surface area contributed by atoms with Gasteiger partial charge in [-0.3, -0.25) is 0 Å². The SMILES string of the molecule is CCN(S(=O)C(NC(=O)[O-])c1cccc2c1OC(C)(C)C2)P(=S)(OC)OC. The van der Waals surface area contributed by atoms with Crippen molar-refractivity contribution in [1.82, 2.24) is 9.39 Å². The fraction of sp³-hybridized carbons (Fsp3) is 0.562. The molecule has 1 aliphatic rings. The normalized spacial score (nSPS) is 17.9. The number of carbonyl (C=O) groups is 1. The summed E-state index contributed by atoms with van der Waals surface area (Å²) in [6.07, 6.45) is -0.894. The summed E-state index contributed by atoms with van der Waals surface area (Å²) in [6.45, 7) is 2.80. The van der Waals surface area contributed by atoms with Crippen molar-refractivity contribution in [3.8, 4) is 5.75 Å². The molecule has 0 aromatic heterocycles. The Labute approximate surface area is 167 Å². The van der Waals surface area contributed by atoms with Gasteiger partial charge in [0.15, 0.2) is 0 Å². The molecule has 0 bridgehead atoms. The summed E-state index contributed by atoms with van der Waals surface area (Å²) in [7, 11) is 0.807. The molecule has 2 rings (SSSR count). The van der Waals surface area contributed by atoms with Crippen LogP contribution in [0.2, 0.25) is 0 Å². The van der Waals surface area contributed by atoms with E-state index in [0.29, 0.717) is 17.7 Å². The van der Waals surface area contributed by atoms with E-state index >= 15 is 0 Å². The average molecular weight is 435 g/mol. The molecule has 1 amide bonds. The Morgan fingerprint density at radius 3 is 2.63 bits per heavy atom. The lowest BCUT2D eigenvalue weighted by atomic mass is 10.0. The quantitative estimate of drug-likeness (QED) is 0.622. The first kappa shape index (κ1) is 22.3. The summed E-state index contributed by atoms with van der Waals surface area (Å²) >= 11 is 5.40. The van der Waals surface area contributed by atoms with Gasteiger partial charge in [0, 0.05) is 32.7 Å². The molecule has 11 heteroatoms. The summed E-state index contributed by atoms with van der Waals surface area (Å²) in [5.41, 5.74) is 0.929. The van der Waals surface area contributed by atoms with Gasteiger partial charge < -0.3 is 29.0 Å². The van der Waals surface area contributed by atoms with Crippen molar-refractivity contribution >= 4 is 35.5 Å². The van der Waals surface area contributed by atoms with Gasteiger partial charge >= 0.3 is 0 Å². The zero-order valence-electron chi connectivity index (χ0n) is 15.9. The maximum atomic E-state index is 13.4. The largest absolute Gasteiger partial charge is 0.530 e. The smallest absolute Gasteiger partial charge is 0.275 e. The Morgan fingerprint density at radius 1 is 1.48 bits per heavy atom. The highest BCUT2D eigenvalue weighted by molar-refractivity contribution is 8.12. The Hall–Kier alpha value is -1.03. The van der Waals surface area contributed by atoms with Gasteiger partial charge in [0.1, 0.15) is 33.8 Å². The molecule has 2 unspecified atom stereocenters. The highest BCUT2D eigenvalue weighted by atomic mass is 32.5. The van der Waals surface area contributed by atoms with E-state index in [2.05, 4.69) is 5.32 Å². The third-order valence-corrected chi connectivity index (χ3v) is 10.2. The lowest BCUT2D eigenvalue weighted by Gasteiger charge is -2.33. The molecular formula is C16H24N2O6PS2-. The highest BCUT2D eigenvalue weighted by Gasteiger charge is 2.39. The Morgan fingerprint density at radius 2 is 2.11 bits per heavy atom. The number of fused-ring (bicyclic) bond motifs is 1. The molecule has 1 N–H and O–H groups in total. The number of amides is 1. The number of carboxylic acid groups (broad SMARTS) is 1. The molecule has 1 aromatic carbocycles. The fourth-order valence-corrected chi connectivity index (χ4v) is 7.33. The molecular weight excluding hydrogens is 411 g/mol. The first-order valence-electron chi connectivity index (χ1n) is 8.27. The van der Waals surface area contributed by atoms with Crippen molar-refractivity contribution < 1.29 is 27.9 Å². The van der Waals surface area contributed by atoms with Crippen LogP contribution in [0.5, 0.6) is 5.75 Å². The molecule has 1 aliphatic heterocycles. The van der Waals surface area contributed by atoms with E-state index < -0.39 is 34.7 Å². The van der Waals surface area contributed by atoms with Gasteiger partial charge in [0.25, 0.3) is 6.64 Å². The molecule has 1 heterocycles. The molecule has 0 fully saturated rings. The van der Waals surface area contributed by atoms with Crippen LogP contribution in [-0.2, 0) is 38.3 Å². The van der Waals surface area contributed by atoms with E-state index in [-0.39, 0.29) is 6.54 Å². The summed E-state index contributed by atoms with van der Waals surface area (Å²) < 4.78 is 31.3. The van der Waals surface area contributed by atoms with Gasteiger partial charge in [-0.1, -0.05) is 25.1 Å². The highest BCUT2D eigenvalue weighted by Crippen LogP contribution is 2.53. The molecule has 0 saturated heterocycles. The van der Waals surface area contributed by atoms with Gasteiger partial charge in [-0.25, -0.2) is 4.21 Å². The number of nitrogens with zero attached hydrogens (tertiary/aromatic N) is 1. The number of benzene rings is 1. The number of ether oxygens (including phenoxy) is 1. The van der Waals surface area contributed by atoms with Crippen LogP contribution in [0.3, 0.4) is 0 Å². The van der Waals surface area contributed by atoms with Crippen LogP contribution < -0.4 is 15.2 Å². The number of hydrogen-bond acceptors (Lipinski definition) is 7. The van der Waals surface area contributed by atoms with Crippen LogP contribution in [-0.4, -0.2) is 40.7 Å². The lowest BCUT2D eigenvalue weighted by Crippen LogP contribution is -2.43. The van der Waals surface area contributed by atoms with E-state index in [9.17, 15) is 14.1 Å². The van der Waals surface area contributed by atoms with Crippen LogP contribution in [0.1, 0.15) is 37.3 Å². The molecule has 27 heavy (non-hydrogen) atoms. The predicted octanol–water partition coefficient (Wildman–Crippen LogP) is 1.83. The number of carbonyl (C=O) groups excluding carboxylic acids is 1. The van der Waals surface area contributed by atoms with Crippen molar-refractivity contribution in [2.24, 2.45) is 0 Å². The maximum absolute atomic E-state index is 13.4. The van der Waals surface area contributed by atoms with Crippen molar-refractivity contribution in [3.63, 3.8) is 0 Å². The third kappa shape index (κ3) is 4.70. The number of para-hydroxylation sites is 1. The van der Waals surface area contributed by atoms with E-state index in [1.54, 1.807) is 19.1 Å². The van der Waals surface area contributed by atoms with Crippen LogP contribution >= 0.6 is 6.64 Å². The van der Waals surface area contributed by atoms with Crippen molar-refractivity contribution in [2.75, 3.05) is 20.8 Å². The van der Waals surface area contributed by atoms with Gasteiger partial charge in [-0.05, 0) is 31.2 Å². The van der Waals surface area contributed by atoms with Gasteiger partial charge in [-0.2, -0.15) is 0 Å². The van der Waals surface area contributed by atoms with Crippen molar-refractivity contribution in [1.29, 1.82) is 0 Å². The summed E-state index contributed by atoms with van der Waals surface area (Å²) in [5.74, 6) is 0.522. The first-order valence-corrected chi connectivity index (χ1v) is 12.0. The molecule has 0 radical (unpaired) electrons. The van der Waals surface area contributed by atoms with Crippen LogP contribution in [0.4, 0.5) is 4.79 Å². The second-order valence-corrected chi connectivity index (χ2v) is 11.7. The van der Waals surface area contributed by atoms with E-state index in [0.717, 1.165) is 5.56 Å². The monoisotopic (exact) mass is 435 g/mol. The number of rotatable bonds is 8. The van der Waals surface area contributed by atoms with Gasteiger partial charge in [0.05, 0.1) is 0 Å². The summed E-state index contributed by atoms with van der Waals surface area (Å²) in [5, 5.41) is 12.4. The minimum atomic E-state index is -3.04. The van der Waals surface area contributed by atoms with Crippen LogP contribution in [0.15, 0.2) is 18.2 Å². The standard InChI is InChI=1S/C16H25N2O6PS2/c1-6-18(25(26,22-4)23-5)27(21)14(17-15(19)20)12-9-7-8-11-10-16(2,3)24-13(11)12/h7-9,14,17H,6,10H2,1-5H3,(H,19,20)/p-1. The first-order chi connectivity index (χ1) is 12.6. The zero-order chi connectivity index (χ0) is 20.4. The van der Waals surface area contributed by atoms with Crippen LogP contribution in [0.25, 0.3) is 0 Å². The van der Waals surface area contributed by atoms with Crippen LogP contribution in [0, 0.1) is 0 Å². The third-order valence-electron chi connectivity index (χ3n) is 4.07. The van der Waals surface area contributed by atoms with E-state index in [1.165, 1.54) is 18.3 Å². The molecule has 8 nitrogen and oxygen atoms in total. The number of nitrogens with one attached hydrogen (secondary N) is 1. The van der Waals surface area contributed by atoms with E-state index in [4.69, 9.17) is 25.6 Å². The fourth-order valence-electron chi connectivity index (χ4n) is 2.97. The molecule has 152 valence electrons. The lowest BCUT2D eigenvalue weighted by molar-refractivity contribution is -0.251. The molecule has 0 spiro atoms. The van der Waals surface area contributed by atoms with E-state index in [1.807, 2.05) is 19.9 Å². The average Bonchev–Trinajstić information content (AvgIpc) is 2.93. The topological polar surface area (TPSA) is 100 Å². The van der Waals surface area contributed by atoms with Gasteiger partial charge in [-0.15, -0.1) is 4.08 Å². The molecule has 0 saturated carbocycles. The summed E-state index contributed by atoms with van der Waals surface area (Å²) in [4.78, 5) is 11.3. The Bertz CT molecular complexity index is 780. The molecule has 0 aliphatic carbocycles. The second kappa shape index (κ2) is 8.55. The number of hydrogen-bond donors (Lipinski definition) is 1. The minimum absolute atomic E-state index is 0.234. The van der Waals surface area contributed by atoms with Crippen molar-refractivity contribution in [2.45, 2.75) is 38.2 Å². The maximum Gasteiger partial charge on any atom is 0.275 e. The second-order valence-electron chi connectivity index (χ2n) is 6.46. The Balaban J connectivity index is 2.52. The van der Waals surface area contributed by atoms with Gasteiger partial charge in [0.2, 0.25) is 0 Å². The Kier molecular flexibility index (Phi) is 7.05. The summed E-state index contributed by atoms with van der Waals surface area (Å²) in [6, 6.07) is 5.35. The minimum Gasteiger partial charge on any atom is -0.530 e. The predicted molar refractivity (Wildman–Crippen MR) is 105 cm³/mol. The molecule has 2 atom stereocenters.